The van der Waals surface area contributed by atoms with Crippen LogP contribution in [0.3, 0.4) is 0 Å². The lowest BCUT2D eigenvalue weighted by atomic mass is 10.0. The first-order chi connectivity index (χ1) is 8.64. The van der Waals surface area contributed by atoms with Gasteiger partial charge in [0.2, 0.25) is 0 Å². The molecular weight excluding hydrogens is 244 g/mol. The third-order valence-electron chi connectivity index (χ3n) is 4.97. The van der Waals surface area contributed by atoms with Gasteiger partial charge < -0.3 is 15.7 Å². The molecule has 3 N–H and O–H groups in total. The number of aliphatic carboxylic acids is 1. The molecule has 0 radical (unpaired) electrons. The lowest BCUT2D eigenvalue weighted by molar-refractivity contribution is -0.139. The number of carbonyl (C=O) groups excluding carboxylic acids is 1. The number of amides is 2. The highest BCUT2D eigenvalue weighted by atomic mass is 16.4. The predicted molar refractivity (Wildman–Crippen MR) is 73.9 cm³/mol. The summed E-state index contributed by atoms with van der Waals surface area (Å²) in [7, 11) is 0. The van der Waals surface area contributed by atoms with Crippen molar-refractivity contribution in [2.75, 3.05) is 6.54 Å². The zero-order chi connectivity index (χ0) is 14.8. The number of hydrogen-bond acceptors (Lipinski definition) is 2. The van der Waals surface area contributed by atoms with Gasteiger partial charge in [-0.15, -0.1) is 0 Å². The number of nitrogens with one attached hydrogen (secondary N) is 2. The van der Waals surface area contributed by atoms with Gasteiger partial charge in [-0.2, -0.15) is 0 Å². The van der Waals surface area contributed by atoms with Crippen molar-refractivity contribution in [3.8, 4) is 0 Å². The molecule has 0 saturated heterocycles. The minimum absolute atomic E-state index is 0.218. The van der Waals surface area contributed by atoms with E-state index in [1.54, 1.807) is 0 Å². The van der Waals surface area contributed by atoms with E-state index in [2.05, 4.69) is 38.3 Å². The summed E-state index contributed by atoms with van der Waals surface area (Å²) in [5.41, 5.74) is 0.436. The van der Waals surface area contributed by atoms with Crippen molar-refractivity contribution in [3.05, 3.63) is 0 Å². The summed E-state index contributed by atoms with van der Waals surface area (Å²) < 4.78 is 0. The fourth-order valence-corrected chi connectivity index (χ4v) is 2.79. The highest BCUT2D eigenvalue weighted by Gasteiger charge is 2.64. The average molecular weight is 270 g/mol. The van der Waals surface area contributed by atoms with Gasteiger partial charge in [-0.05, 0) is 23.2 Å². The molecule has 0 aromatic heterocycles. The Morgan fingerprint density at radius 2 is 1.74 bits per heavy atom. The van der Waals surface area contributed by atoms with E-state index in [-0.39, 0.29) is 16.9 Å². The van der Waals surface area contributed by atoms with Gasteiger partial charge in [-0.3, -0.25) is 0 Å². The largest absolute Gasteiger partial charge is 0.480 e. The van der Waals surface area contributed by atoms with Crippen molar-refractivity contribution < 1.29 is 14.7 Å². The first-order valence-electron chi connectivity index (χ1n) is 6.91. The molecule has 0 heterocycles. The number of carboxylic acid groups (broad SMARTS) is 1. The van der Waals surface area contributed by atoms with Crippen LogP contribution in [-0.4, -0.2) is 29.7 Å². The minimum Gasteiger partial charge on any atom is -0.480 e. The molecule has 1 saturated carbocycles. The summed E-state index contributed by atoms with van der Waals surface area (Å²) in [5, 5.41) is 14.3. The Morgan fingerprint density at radius 3 is 2.11 bits per heavy atom. The maximum absolute atomic E-state index is 11.7. The van der Waals surface area contributed by atoms with Crippen molar-refractivity contribution in [3.63, 3.8) is 0 Å². The van der Waals surface area contributed by atoms with Gasteiger partial charge in [-0.25, -0.2) is 9.59 Å². The fraction of sp³-hybridized carbons (Fsp3) is 0.857. The maximum Gasteiger partial charge on any atom is 0.326 e. The maximum atomic E-state index is 11.7. The number of hydrogen-bond donors (Lipinski definition) is 3. The molecule has 110 valence electrons. The molecule has 1 aliphatic carbocycles. The molecule has 0 spiro atoms. The Bertz CT molecular complexity index is 350. The van der Waals surface area contributed by atoms with Crippen LogP contribution in [0.1, 0.15) is 47.5 Å². The molecule has 5 heteroatoms. The van der Waals surface area contributed by atoms with Crippen LogP contribution in [-0.2, 0) is 4.79 Å². The van der Waals surface area contributed by atoms with Gasteiger partial charge in [-0.1, -0.05) is 41.0 Å². The van der Waals surface area contributed by atoms with E-state index in [1.165, 1.54) is 0 Å². The molecule has 5 nitrogen and oxygen atoms in total. The highest BCUT2D eigenvalue weighted by Crippen LogP contribution is 2.67. The van der Waals surface area contributed by atoms with Gasteiger partial charge in [0.05, 0.1) is 0 Å². The van der Waals surface area contributed by atoms with E-state index in [1.807, 2.05) is 6.92 Å². The number of rotatable bonds is 6. The van der Waals surface area contributed by atoms with E-state index < -0.39 is 12.0 Å². The molecule has 0 aromatic carbocycles. The average Bonchev–Trinajstić information content (AvgIpc) is 2.66. The Balaban J connectivity index is 2.39. The molecular formula is C14H26N2O3. The quantitative estimate of drug-likeness (QED) is 0.692. The molecule has 1 unspecified atom stereocenters. The van der Waals surface area contributed by atoms with E-state index in [0.29, 0.717) is 18.9 Å². The van der Waals surface area contributed by atoms with Crippen molar-refractivity contribution >= 4 is 12.0 Å². The van der Waals surface area contributed by atoms with Crippen LogP contribution in [0.25, 0.3) is 0 Å². The topological polar surface area (TPSA) is 78.4 Å². The minimum atomic E-state index is -0.982. The van der Waals surface area contributed by atoms with E-state index in [9.17, 15) is 9.59 Å². The van der Waals surface area contributed by atoms with Crippen LogP contribution < -0.4 is 10.6 Å². The molecule has 1 aliphatic rings. The Labute approximate surface area is 115 Å². The van der Waals surface area contributed by atoms with Crippen LogP contribution in [0.15, 0.2) is 0 Å². The monoisotopic (exact) mass is 270 g/mol. The van der Waals surface area contributed by atoms with Crippen LogP contribution in [0.2, 0.25) is 0 Å². The molecule has 2 amide bonds. The summed E-state index contributed by atoms with van der Waals surface area (Å²) in [6.07, 6.45) is 1.17. The summed E-state index contributed by atoms with van der Waals surface area (Å²) in [6, 6.07) is -1.19. The van der Waals surface area contributed by atoms with Crippen molar-refractivity contribution in [2.45, 2.75) is 53.5 Å². The summed E-state index contributed by atoms with van der Waals surface area (Å²) in [4.78, 5) is 22.6. The highest BCUT2D eigenvalue weighted by molar-refractivity contribution is 5.82. The second-order valence-electron chi connectivity index (χ2n) is 6.53. The summed E-state index contributed by atoms with van der Waals surface area (Å²) >= 11 is 0. The fourth-order valence-electron chi connectivity index (χ4n) is 2.79. The van der Waals surface area contributed by atoms with E-state index in [4.69, 9.17) is 5.11 Å². The smallest absolute Gasteiger partial charge is 0.326 e. The summed E-state index contributed by atoms with van der Waals surface area (Å²) in [5.74, 6) is -0.552. The number of urea groups is 1. The van der Waals surface area contributed by atoms with Gasteiger partial charge in [0.1, 0.15) is 6.04 Å². The molecule has 1 atom stereocenters. The summed E-state index contributed by atoms with van der Waals surface area (Å²) in [6.45, 7) is 11.2. The Hall–Kier alpha value is -1.26. The number of carboxylic acids is 1. The van der Waals surface area contributed by atoms with E-state index >= 15 is 0 Å². The standard InChI is InChI=1S/C14H26N2O3/c1-6-7-9(11(17)18)16-12(19)15-8-10-13(2,3)14(10,4)5/h9-10H,6-8H2,1-5H3,(H,17,18)(H2,15,16,19). The molecule has 1 rings (SSSR count). The normalized spacial score (nSPS) is 21.5. The Morgan fingerprint density at radius 1 is 1.21 bits per heavy atom. The zero-order valence-electron chi connectivity index (χ0n) is 12.5. The zero-order valence-corrected chi connectivity index (χ0v) is 12.5. The number of carbonyl (C=O) groups is 2. The van der Waals surface area contributed by atoms with Gasteiger partial charge in [0, 0.05) is 6.54 Å². The van der Waals surface area contributed by atoms with Crippen LogP contribution in [0.5, 0.6) is 0 Å². The van der Waals surface area contributed by atoms with Crippen molar-refractivity contribution in [1.82, 2.24) is 10.6 Å². The van der Waals surface area contributed by atoms with Crippen molar-refractivity contribution in [1.29, 1.82) is 0 Å². The second kappa shape index (κ2) is 5.39. The SMILES string of the molecule is CCCC(NC(=O)NCC1C(C)(C)C1(C)C)C(=O)O. The molecule has 0 aliphatic heterocycles. The lowest BCUT2D eigenvalue weighted by Crippen LogP contribution is -2.46. The molecule has 0 bridgehead atoms. The van der Waals surface area contributed by atoms with E-state index in [0.717, 1.165) is 6.42 Å². The third kappa shape index (κ3) is 3.19. The molecule has 19 heavy (non-hydrogen) atoms. The first-order valence-corrected chi connectivity index (χ1v) is 6.91. The van der Waals surface area contributed by atoms with Crippen molar-refractivity contribution in [2.24, 2.45) is 16.7 Å². The predicted octanol–water partition coefficient (Wildman–Crippen LogP) is 2.22. The lowest BCUT2D eigenvalue weighted by Gasteiger charge is -2.14. The molecule has 0 aromatic rings. The van der Waals surface area contributed by atoms with Gasteiger partial charge >= 0.3 is 12.0 Å². The van der Waals surface area contributed by atoms with Gasteiger partial charge in [0.15, 0.2) is 0 Å². The first kappa shape index (κ1) is 15.8. The third-order valence-corrected chi connectivity index (χ3v) is 4.97. The Kier molecular flexibility index (Phi) is 4.48. The van der Waals surface area contributed by atoms with Crippen LogP contribution in [0.4, 0.5) is 4.79 Å². The van der Waals surface area contributed by atoms with Crippen LogP contribution in [0, 0.1) is 16.7 Å². The van der Waals surface area contributed by atoms with Crippen LogP contribution >= 0.6 is 0 Å². The van der Waals surface area contributed by atoms with Gasteiger partial charge in [0.25, 0.3) is 0 Å². The molecule has 1 fully saturated rings. The second-order valence-corrected chi connectivity index (χ2v) is 6.53.